The van der Waals surface area contributed by atoms with E-state index >= 15 is 0 Å². The van der Waals surface area contributed by atoms with Crippen molar-refractivity contribution in [2.75, 3.05) is 23.7 Å². The van der Waals surface area contributed by atoms with E-state index in [0.717, 1.165) is 18.7 Å². The molecule has 3 rings (SSSR count). The fourth-order valence-corrected chi connectivity index (χ4v) is 3.19. The lowest BCUT2D eigenvalue weighted by Crippen LogP contribution is -2.52. The van der Waals surface area contributed by atoms with Crippen LogP contribution in [0.2, 0.25) is 0 Å². The normalized spacial score (nSPS) is 16.2. The third-order valence-corrected chi connectivity index (χ3v) is 4.60. The number of piperidine rings is 1. The summed E-state index contributed by atoms with van der Waals surface area (Å²) in [5, 5.41) is 13.4. The Morgan fingerprint density at radius 2 is 2.00 bits per heavy atom. The van der Waals surface area contributed by atoms with Gasteiger partial charge in [-0.05, 0) is 56.6 Å². The fraction of sp³-hybridized carbons (Fsp3) is 0.389. The highest BCUT2D eigenvalue weighted by Gasteiger charge is 2.42. The molecule has 1 saturated heterocycles. The molecule has 0 radical (unpaired) electrons. The number of carbonyl (C=O) groups is 2. The second-order valence-electron chi connectivity index (χ2n) is 6.40. The highest BCUT2D eigenvalue weighted by atomic mass is 16.2. The smallest absolute Gasteiger partial charge is 0.252 e. The maximum absolute atomic E-state index is 13.1. The van der Waals surface area contributed by atoms with Crippen LogP contribution in [0.3, 0.4) is 0 Å². The highest BCUT2D eigenvalue weighted by Crippen LogP contribution is 2.29. The highest BCUT2D eigenvalue weighted by molar-refractivity contribution is 5.98. The summed E-state index contributed by atoms with van der Waals surface area (Å²) in [5.41, 5.74) is 1.60. The Labute approximate surface area is 146 Å². The first-order valence-electron chi connectivity index (χ1n) is 8.42. The molecule has 0 aliphatic carbocycles. The zero-order chi connectivity index (χ0) is 17.9. The molecule has 1 aromatic heterocycles. The van der Waals surface area contributed by atoms with Crippen LogP contribution in [-0.2, 0) is 15.1 Å². The number of hydrogen-bond acceptors (Lipinski definition) is 4. The van der Waals surface area contributed by atoms with Gasteiger partial charge in [-0.2, -0.15) is 5.10 Å². The molecule has 7 nitrogen and oxygen atoms in total. The van der Waals surface area contributed by atoms with Gasteiger partial charge in [-0.3, -0.25) is 14.3 Å². The third kappa shape index (κ3) is 3.56. The number of hydrogen-bond donors (Lipinski definition) is 3. The van der Waals surface area contributed by atoms with E-state index in [-0.39, 0.29) is 11.8 Å². The number of benzene rings is 1. The second-order valence-corrected chi connectivity index (χ2v) is 6.40. The summed E-state index contributed by atoms with van der Waals surface area (Å²) in [7, 11) is 0. The standard InChI is InChI=1S/C18H23N5O2/c1-13-4-5-15(12-16(13)21-14(2)24)22-17(25)18(6-9-19-10-7-18)23-11-3-8-20-23/h3-5,8,11-12,19H,6-7,9-10H2,1-2H3,(H,21,24)(H,22,25). The van der Waals surface area contributed by atoms with Gasteiger partial charge in [-0.1, -0.05) is 6.07 Å². The van der Waals surface area contributed by atoms with Gasteiger partial charge in [-0.25, -0.2) is 0 Å². The maximum Gasteiger partial charge on any atom is 0.252 e. The minimum atomic E-state index is -0.701. The SMILES string of the molecule is CC(=O)Nc1cc(NC(=O)C2(n3cccn3)CCNCC2)ccc1C. The second kappa shape index (κ2) is 7.06. The number of rotatable bonds is 4. The molecule has 2 heterocycles. The molecule has 2 aromatic rings. The molecule has 132 valence electrons. The van der Waals surface area contributed by atoms with Gasteiger partial charge in [0.2, 0.25) is 5.91 Å². The van der Waals surface area contributed by atoms with Crippen LogP contribution in [-0.4, -0.2) is 34.7 Å². The topological polar surface area (TPSA) is 88.1 Å². The zero-order valence-electron chi connectivity index (χ0n) is 14.5. The minimum Gasteiger partial charge on any atom is -0.326 e. The van der Waals surface area contributed by atoms with Crippen LogP contribution in [0, 0.1) is 6.92 Å². The molecular weight excluding hydrogens is 318 g/mol. The van der Waals surface area contributed by atoms with Crippen molar-refractivity contribution < 1.29 is 9.59 Å². The van der Waals surface area contributed by atoms with Gasteiger partial charge in [0.25, 0.3) is 5.91 Å². The lowest BCUT2D eigenvalue weighted by molar-refractivity contribution is -0.126. The van der Waals surface area contributed by atoms with E-state index in [2.05, 4.69) is 21.0 Å². The molecule has 0 bridgehead atoms. The Kier molecular flexibility index (Phi) is 4.85. The van der Waals surface area contributed by atoms with Crippen LogP contribution in [0.4, 0.5) is 11.4 Å². The monoisotopic (exact) mass is 341 g/mol. The first kappa shape index (κ1) is 17.2. The Hall–Kier alpha value is -2.67. The predicted molar refractivity (Wildman–Crippen MR) is 96.4 cm³/mol. The average molecular weight is 341 g/mol. The van der Waals surface area contributed by atoms with Gasteiger partial charge in [0.1, 0.15) is 5.54 Å². The van der Waals surface area contributed by atoms with E-state index in [9.17, 15) is 9.59 Å². The Morgan fingerprint density at radius 3 is 2.64 bits per heavy atom. The van der Waals surface area contributed by atoms with Crippen LogP contribution in [0.15, 0.2) is 36.7 Å². The number of amides is 2. The number of nitrogens with zero attached hydrogens (tertiary/aromatic N) is 2. The van der Waals surface area contributed by atoms with Crippen LogP contribution in [0.1, 0.15) is 25.3 Å². The van der Waals surface area contributed by atoms with Crippen LogP contribution in [0.5, 0.6) is 0 Å². The van der Waals surface area contributed by atoms with Crippen LogP contribution in [0.25, 0.3) is 0 Å². The van der Waals surface area contributed by atoms with Crippen molar-refractivity contribution >= 4 is 23.2 Å². The van der Waals surface area contributed by atoms with Crippen molar-refractivity contribution in [3.63, 3.8) is 0 Å². The number of aromatic nitrogens is 2. The molecule has 0 unspecified atom stereocenters. The van der Waals surface area contributed by atoms with Gasteiger partial charge >= 0.3 is 0 Å². The first-order chi connectivity index (χ1) is 12.0. The molecule has 1 aliphatic rings. The van der Waals surface area contributed by atoms with Crippen LogP contribution >= 0.6 is 0 Å². The Bertz CT molecular complexity index is 764. The Morgan fingerprint density at radius 1 is 1.24 bits per heavy atom. The quantitative estimate of drug-likeness (QED) is 0.792. The van der Waals surface area contributed by atoms with Gasteiger partial charge < -0.3 is 16.0 Å². The minimum absolute atomic E-state index is 0.0877. The van der Waals surface area contributed by atoms with Crippen molar-refractivity contribution in [3.8, 4) is 0 Å². The van der Waals surface area contributed by atoms with Gasteiger partial charge in [0.05, 0.1) is 0 Å². The van der Waals surface area contributed by atoms with E-state index < -0.39 is 5.54 Å². The van der Waals surface area contributed by atoms with Crippen molar-refractivity contribution in [1.29, 1.82) is 0 Å². The molecule has 2 amide bonds. The number of nitrogens with one attached hydrogen (secondary N) is 3. The largest absolute Gasteiger partial charge is 0.326 e. The third-order valence-electron chi connectivity index (χ3n) is 4.60. The molecule has 25 heavy (non-hydrogen) atoms. The number of anilines is 2. The lowest BCUT2D eigenvalue weighted by atomic mass is 9.87. The summed E-state index contributed by atoms with van der Waals surface area (Å²) >= 11 is 0. The van der Waals surface area contributed by atoms with E-state index in [1.54, 1.807) is 16.9 Å². The average Bonchev–Trinajstić information content (AvgIpc) is 3.13. The summed E-state index contributed by atoms with van der Waals surface area (Å²) in [6.45, 7) is 4.90. The zero-order valence-corrected chi connectivity index (χ0v) is 14.5. The molecular formula is C18H23N5O2. The Balaban J connectivity index is 1.86. The predicted octanol–water partition coefficient (Wildman–Crippen LogP) is 1.87. The lowest BCUT2D eigenvalue weighted by Gasteiger charge is -2.36. The van der Waals surface area contributed by atoms with E-state index in [0.29, 0.717) is 24.2 Å². The summed E-state index contributed by atoms with van der Waals surface area (Å²) in [6.07, 6.45) is 4.87. The number of aryl methyl sites for hydroxylation is 1. The fourth-order valence-electron chi connectivity index (χ4n) is 3.19. The van der Waals surface area contributed by atoms with E-state index in [1.807, 2.05) is 31.3 Å². The summed E-state index contributed by atoms with van der Waals surface area (Å²) in [6, 6.07) is 7.34. The molecule has 7 heteroatoms. The molecule has 0 spiro atoms. The molecule has 1 aliphatic heterocycles. The van der Waals surface area contributed by atoms with E-state index in [1.165, 1.54) is 6.92 Å². The van der Waals surface area contributed by atoms with Crippen molar-refractivity contribution in [2.24, 2.45) is 0 Å². The molecule has 1 fully saturated rings. The van der Waals surface area contributed by atoms with Gasteiger partial charge in [0.15, 0.2) is 0 Å². The summed E-state index contributed by atoms with van der Waals surface area (Å²) in [5.74, 6) is -0.228. The molecule has 1 aromatic carbocycles. The van der Waals surface area contributed by atoms with Crippen LogP contribution < -0.4 is 16.0 Å². The van der Waals surface area contributed by atoms with Crippen molar-refractivity contribution in [2.45, 2.75) is 32.2 Å². The van der Waals surface area contributed by atoms with E-state index in [4.69, 9.17) is 0 Å². The van der Waals surface area contributed by atoms with Crippen molar-refractivity contribution in [3.05, 3.63) is 42.2 Å². The number of carbonyl (C=O) groups excluding carboxylic acids is 2. The molecule has 0 atom stereocenters. The molecule has 3 N–H and O–H groups in total. The summed E-state index contributed by atoms with van der Waals surface area (Å²) in [4.78, 5) is 24.5. The van der Waals surface area contributed by atoms with Gasteiger partial charge in [0, 0.05) is 30.7 Å². The van der Waals surface area contributed by atoms with Crippen molar-refractivity contribution in [1.82, 2.24) is 15.1 Å². The first-order valence-corrected chi connectivity index (χ1v) is 8.42. The summed E-state index contributed by atoms with van der Waals surface area (Å²) < 4.78 is 1.76. The van der Waals surface area contributed by atoms with Gasteiger partial charge in [-0.15, -0.1) is 0 Å². The maximum atomic E-state index is 13.1. The molecule has 0 saturated carbocycles.